The molecule has 0 saturated carbocycles. The van der Waals surface area contributed by atoms with Crippen molar-refractivity contribution in [2.75, 3.05) is 5.32 Å². The maximum atomic E-state index is 6.15. The molecule has 18 heavy (non-hydrogen) atoms. The second kappa shape index (κ2) is 5.96. The van der Waals surface area contributed by atoms with Crippen molar-refractivity contribution in [3.8, 4) is 0 Å². The summed E-state index contributed by atoms with van der Waals surface area (Å²) < 4.78 is 1.08. The van der Waals surface area contributed by atoms with E-state index in [1.54, 1.807) is 6.07 Å². The lowest BCUT2D eigenvalue weighted by Gasteiger charge is -2.11. The Morgan fingerprint density at radius 3 is 2.67 bits per heavy atom. The predicted molar refractivity (Wildman–Crippen MR) is 82.7 cm³/mol. The zero-order valence-corrected chi connectivity index (χ0v) is 12.9. The van der Waals surface area contributed by atoms with Crippen LogP contribution in [0.25, 0.3) is 0 Å². The average Bonchev–Trinajstić information content (AvgIpc) is 2.33. The van der Waals surface area contributed by atoms with E-state index < -0.39 is 0 Å². The molecule has 0 aliphatic carbocycles. The molecule has 2 aromatic rings. The summed E-state index contributed by atoms with van der Waals surface area (Å²) in [4.78, 5) is 0. The molecule has 2 rings (SSSR count). The van der Waals surface area contributed by atoms with Gasteiger partial charge >= 0.3 is 0 Å². The first kappa shape index (κ1) is 13.7. The van der Waals surface area contributed by atoms with Gasteiger partial charge in [-0.3, -0.25) is 0 Å². The molecule has 0 unspecified atom stereocenters. The lowest BCUT2D eigenvalue weighted by molar-refractivity contribution is 1.14. The van der Waals surface area contributed by atoms with Crippen LogP contribution >= 0.6 is 39.1 Å². The van der Waals surface area contributed by atoms with Crippen molar-refractivity contribution in [3.63, 3.8) is 0 Å². The van der Waals surface area contributed by atoms with Gasteiger partial charge in [0.1, 0.15) is 0 Å². The molecule has 0 bridgehead atoms. The summed E-state index contributed by atoms with van der Waals surface area (Å²) in [7, 11) is 0. The number of benzene rings is 2. The fourth-order valence-electron chi connectivity index (χ4n) is 1.70. The van der Waals surface area contributed by atoms with E-state index in [2.05, 4.69) is 34.2 Å². The van der Waals surface area contributed by atoms with Gasteiger partial charge in [-0.2, -0.15) is 0 Å². The van der Waals surface area contributed by atoms with Crippen LogP contribution in [0.1, 0.15) is 11.1 Å². The summed E-state index contributed by atoms with van der Waals surface area (Å²) in [5.74, 6) is 0. The van der Waals surface area contributed by atoms with Crippen molar-refractivity contribution in [2.45, 2.75) is 13.5 Å². The van der Waals surface area contributed by atoms with Crippen LogP contribution in [0.5, 0.6) is 0 Å². The van der Waals surface area contributed by atoms with Crippen LogP contribution in [0, 0.1) is 6.92 Å². The molecule has 0 amide bonds. The van der Waals surface area contributed by atoms with Gasteiger partial charge in [-0.15, -0.1) is 0 Å². The Bertz CT molecular complexity index is 570. The fraction of sp³-hybridized carbons (Fsp3) is 0.143. The zero-order valence-electron chi connectivity index (χ0n) is 9.81. The van der Waals surface area contributed by atoms with Gasteiger partial charge in [-0.05, 0) is 42.3 Å². The van der Waals surface area contributed by atoms with Gasteiger partial charge in [-0.1, -0.05) is 51.3 Å². The smallest absolute Gasteiger partial charge is 0.0642 e. The van der Waals surface area contributed by atoms with Crippen LogP contribution in [0.4, 0.5) is 5.69 Å². The minimum atomic E-state index is 0.587. The van der Waals surface area contributed by atoms with Crippen LogP contribution in [0.15, 0.2) is 40.9 Å². The van der Waals surface area contributed by atoms with Crippen molar-refractivity contribution in [1.82, 2.24) is 0 Å². The van der Waals surface area contributed by atoms with E-state index in [1.807, 2.05) is 24.3 Å². The SMILES string of the molecule is Cc1cc(Br)ccc1NCc1cccc(Cl)c1Cl. The number of halogens is 3. The number of rotatable bonds is 3. The predicted octanol–water partition coefficient (Wildman–Crippen LogP) is 5.68. The van der Waals surface area contributed by atoms with E-state index >= 15 is 0 Å². The topological polar surface area (TPSA) is 12.0 Å². The fourth-order valence-corrected chi connectivity index (χ4v) is 2.56. The van der Waals surface area contributed by atoms with Gasteiger partial charge in [0, 0.05) is 16.7 Å². The standard InChI is InChI=1S/C14H12BrCl2N/c1-9-7-11(15)5-6-13(9)18-8-10-3-2-4-12(16)14(10)17/h2-7,18H,8H2,1H3. The van der Waals surface area contributed by atoms with Gasteiger partial charge in [0.25, 0.3) is 0 Å². The highest BCUT2D eigenvalue weighted by Gasteiger charge is 2.05. The van der Waals surface area contributed by atoms with E-state index in [4.69, 9.17) is 23.2 Å². The quantitative estimate of drug-likeness (QED) is 0.755. The van der Waals surface area contributed by atoms with Gasteiger partial charge in [0.15, 0.2) is 0 Å². The molecule has 1 N–H and O–H groups in total. The van der Waals surface area contributed by atoms with Crippen LogP contribution in [0.2, 0.25) is 10.0 Å². The highest BCUT2D eigenvalue weighted by atomic mass is 79.9. The Morgan fingerprint density at radius 1 is 1.17 bits per heavy atom. The van der Waals surface area contributed by atoms with E-state index in [-0.39, 0.29) is 0 Å². The molecule has 0 atom stereocenters. The molecule has 0 heterocycles. The van der Waals surface area contributed by atoms with E-state index in [0.717, 1.165) is 15.7 Å². The lowest BCUT2D eigenvalue weighted by atomic mass is 10.2. The third-order valence-electron chi connectivity index (χ3n) is 2.69. The first-order valence-electron chi connectivity index (χ1n) is 5.51. The third kappa shape index (κ3) is 3.19. The zero-order chi connectivity index (χ0) is 13.1. The highest BCUT2D eigenvalue weighted by Crippen LogP contribution is 2.27. The van der Waals surface area contributed by atoms with E-state index in [9.17, 15) is 0 Å². The molecule has 0 radical (unpaired) electrons. The molecule has 0 aliphatic heterocycles. The Morgan fingerprint density at radius 2 is 1.94 bits per heavy atom. The Hall–Kier alpha value is -0.700. The van der Waals surface area contributed by atoms with Crippen molar-refractivity contribution in [3.05, 3.63) is 62.0 Å². The Balaban J connectivity index is 2.14. The molecule has 0 aliphatic rings. The number of hydrogen-bond donors (Lipinski definition) is 1. The summed E-state index contributed by atoms with van der Waals surface area (Å²) in [6.45, 7) is 2.72. The number of anilines is 1. The molecule has 0 aromatic heterocycles. The molecule has 0 saturated heterocycles. The number of aryl methyl sites for hydroxylation is 1. The number of hydrogen-bond acceptors (Lipinski definition) is 1. The maximum Gasteiger partial charge on any atom is 0.0642 e. The number of nitrogens with one attached hydrogen (secondary N) is 1. The summed E-state index contributed by atoms with van der Waals surface area (Å²) in [6.07, 6.45) is 0. The minimum absolute atomic E-state index is 0.587. The van der Waals surface area contributed by atoms with Crippen molar-refractivity contribution >= 4 is 44.8 Å². The molecule has 94 valence electrons. The van der Waals surface area contributed by atoms with Crippen LogP contribution in [-0.4, -0.2) is 0 Å². The summed E-state index contributed by atoms with van der Waals surface area (Å²) >= 11 is 15.6. The molecular weight excluding hydrogens is 333 g/mol. The summed E-state index contributed by atoms with van der Waals surface area (Å²) in [5, 5.41) is 4.56. The van der Waals surface area contributed by atoms with E-state index in [1.165, 1.54) is 5.56 Å². The second-order valence-electron chi connectivity index (χ2n) is 4.03. The van der Waals surface area contributed by atoms with Crippen LogP contribution in [-0.2, 0) is 6.54 Å². The van der Waals surface area contributed by atoms with E-state index in [0.29, 0.717) is 16.6 Å². The normalized spacial score (nSPS) is 10.4. The highest BCUT2D eigenvalue weighted by molar-refractivity contribution is 9.10. The van der Waals surface area contributed by atoms with Gasteiger partial charge < -0.3 is 5.32 Å². The van der Waals surface area contributed by atoms with Crippen LogP contribution in [0.3, 0.4) is 0 Å². The summed E-state index contributed by atoms with van der Waals surface area (Å²) in [5.41, 5.74) is 3.27. The van der Waals surface area contributed by atoms with Crippen molar-refractivity contribution < 1.29 is 0 Å². The van der Waals surface area contributed by atoms with Crippen molar-refractivity contribution in [2.24, 2.45) is 0 Å². The Kier molecular flexibility index (Phi) is 4.55. The van der Waals surface area contributed by atoms with Gasteiger partial charge in [0.2, 0.25) is 0 Å². The molecule has 0 spiro atoms. The van der Waals surface area contributed by atoms with Gasteiger partial charge in [-0.25, -0.2) is 0 Å². The molecule has 0 fully saturated rings. The molecule has 2 aromatic carbocycles. The van der Waals surface area contributed by atoms with Gasteiger partial charge in [0.05, 0.1) is 10.0 Å². The largest absolute Gasteiger partial charge is 0.381 e. The molecular formula is C14H12BrCl2N. The minimum Gasteiger partial charge on any atom is -0.381 e. The first-order chi connectivity index (χ1) is 8.58. The first-order valence-corrected chi connectivity index (χ1v) is 7.06. The second-order valence-corrected chi connectivity index (χ2v) is 5.73. The maximum absolute atomic E-state index is 6.15. The average molecular weight is 345 g/mol. The van der Waals surface area contributed by atoms with Crippen molar-refractivity contribution in [1.29, 1.82) is 0 Å². The molecule has 1 nitrogen and oxygen atoms in total. The summed E-state index contributed by atoms with van der Waals surface area (Å²) in [6, 6.07) is 11.8. The van der Waals surface area contributed by atoms with Crippen LogP contribution < -0.4 is 5.32 Å². The molecule has 4 heteroatoms. The monoisotopic (exact) mass is 343 g/mol. The Labute approximate surface area is 125 Å². The lowest BCUT2D eigenvalue weighted by Crippen LogP contribution is -2.01. The third-order valence-corrected chi connectivity index (χ3v) is 4.04.